The number of hydrogen-bond donors (Lipinski definition) is 1. The maximum absolute atomic E-state index is 5.62. The number of hydrogen-bond acceptors (Lipinski definition) is 6. The predicted molar refractivity (Wildman–Crippen MR) is 70.8 cm³/mol. The standard InChI is InChI=1S/C10H15N5S/c1-2-3-4-5-16-9-7-8(13-6-12-7)14-10(11)15-9/h6-7H,2-5H2,1H3,(H2,11,12,13,14). The molecule has 5 nitrogen and oxygen atoms in total. The van der Waals surface area contributed by atoms with Crippen molar-refractivity contribution in [2.75, 3.05) is 5.75 Å². The molecule has 6 heteroatoms. The zero-order valence-corrected chi connectivity index (χ0v) is 10.1. The average Bonchev–Trinajstić information content (AvgIpc) is 2.72. The van der Waals surface area contributed by atoms with Crippen molar-refractivity contribution in [1.82, 2.24) is 0 Å². The van der Waals surface area contributed by atoms with Crippen LogP contribution in [-0.2, 0) is 0 Å². The summed E-state index contributed by atoms with van der Waals surface area (Å²) in [6.07, 6.45) is 5.20. The van der Waals surface area contributed by atoms with E-state index in [1.165, 1.54) is 25.6 Å². The third-order valence-electron chi connectivity index (χ3n) is 2.34. The fraction of sp³-hybridized carbons (Fsp3) is 0.600. The molecule has 0 radical (unpaired) electrons. The van der Waals surface area contributed by atoms with Gasteiger partial charge in [0.05, 0.1) is 0 Å². The summed E-state index contributed by atoms with van der Waals surface area (Å²) in [5.41, 5.74) is 5.62. The van der Waals surface area contributed by atoms with Crippen LogP contribution in [0.4, 0.5) is 0 Å². The van der Waals surface area contributed by atoms with Crippen molar-refractivity contribution in [3.63, 3.8) is 0 Å². The summed E-state index contributed by atoms with van der Waals surface area (Å²) in [7, 11) is 0. The summed E-state index contributed by atoms with van der Waals surface area (Å²) in [6, 6.07) is -0.0982. The largest absolute Gasteiger partial charge is 0.368 e. The molecule has 0 saturated carbocycles. The zero-order chi connectivity index (χ0) is 11.4. The third kappa shape index (κ3) is 2.49. The Bertz CT molecular complexity index is 383. The first-order valence-electron chi connectivity index (χ1n) is 5.46. The van der Waals surface area contributed by atoms with Crippen LogP contribution in [0.3, 0.4) is 0 Å². The summed E-state index contributed by atoms with van der Waals surface area (Å²) in [6.45, 7) is 2.19. The Hall–Kier alpha value is -1.17. The lowest BCUT2D eigenvalue weighted by Gasteiger charge is -2.15. The molecule has 0 fully saturated rings. The highest BCUT2D eigenvalue weighted by Gasteiger charge is 2.28. The molecule has 0 aliphatic carbocycles. The molecule has 0 bridgehead atoms. The van der Waals surface area contributed by atoms with E-state index >= 15 is 0 Å². The Labute approximate surface area is 99.1 Å². The molecule has 1 atom stereocenters. The second-order valence-electron chi connectivity index (χ2n) is 3.63. The van der Waals surface area contributed by atoms with Crippen LogP contribution in [0.25, 0.3) is 0 Å². The Kier molecular flexibility index (Phi) is 3.71. The molecule has 2 rings (SSSR count). The second-order valence-corrected chi connectivity index (χ2v) is 4.75. The molecule has 0 amide bonds. The SMILES string of the molecule is CCCCCSC1=NC(N)=NC2=NC=NC21. The van der Waals surface area contributed by atoms with Gasteiger partial charge >= 0.3 is 0 Å². The van der Waals surface area contributed by atoms with Crippen LogP contribution in [0, 0.1) is 0 Å². The molecule has 0 saturated heterocycles. The molecular formula is C10H15N5S. The maximum Gasteiger partial charge on any atom is 0.222 e. The summed E-state index contributed by atoms with van der Waals surface area (Å²) in [5, 5.41) is 0.927. The highest BCUT2D eigenvalue weighted by Crippen LogP contribution is 2.20. The van der Waals surface area contributed by atoms with Gasteiger partial charge in [0.25, 0.3) is 0 Å². The van der Waals surface area contributed by atoms with Crippen LogP contribution in [0.1, 0.15) is 26.2 Å². The minimum atomic E-state index is -0.0982. The molecule has 0 aromatic carbocycles. The smallest absolute Gasteiger partial charge is 0.222 e. The van der Waals surface area contributed by atoms with Crippen molar-refractivity contribution < 1.29 is 0 Å². The Balaban J connectivity index is 1.95. The molecule has 2 aliphatic heterocycles. The molecule has 16 heavy (non-hydrogen) atoms. The minimum absolute atomic E-state index is 0.0982. The first kappa shape index (κ1) is 11.3. The van der Waals surface area contributed by atoms with Gasteiger partial charge in [0.1, 0.15) is 11.4 Å². The number of fused-ring (bicyclic) bond motifs is 1. The number of guanidine groups is 1. The maximum atomic E-state index is 5.62. The zero-order valence-electron chi connectivity index (χ0n) is 9.26. The molecule has 2 heterocycles. The van der Waals surface area contributed by atoms with E-state index in [-0.39, 0.29) is 6.04 Å². The molecular weight excluding hydrogens is 222 g/mol. The van der Waals surface area contributed by atoms with Gasteiger partial charge < -0.3 is 5.73 Å². The van der Waals surface area contributed by atoms with Crippen molar-refractivity contribution in [2.24, 2.45) is 25.7 Å². The first-order chi connectivity index (χ1) is 7.81. The van der Waals surface area contributed by atoms with Gasteiger partial charge in [-0.2, -0.15) is 4.99 Å². The summed E-state index contributed by atoms with van der Waals surface area (Å²) in [4.78, 5) is 16.6. The lowest BCUT2D eigenvalue weighted by molar-refractivity contribution is 0.779. The normalized spacial score (nSPS) is 22.6. The van der Waals surface area contributed by atoms with Crippen LogP contribution < -0.4 is 5.73 Å². The van der Waals surface area contributed by atoms with E-state index < -0.39 is 0 Å². The Morgan fingerprint density at radius 1 is 1.38 bits per heavy atom. The van der Waals surface area contributed by atoms with Crippen molar-refractivity contribution in [3.8, 4) is 0 Å². The minimum Gasteiger partial charge on any atom is -0.368 e. The fourth-order valence-corrected chi connectivity index (χ4v) is 2.56. The summed E-state index contributed by atoms with van der Waals surface area (Å²) >= 11 is 1.71. The van der Waals surface area contributed by atoms with Gasteiger partial charge in [-0.1, -0.05) is 19.8 Å². The molecule has 0 aromatic heterocycles. The van der Waals surface area contributed by atoms with Crippen molar-refractivity contribution in [3.05, 3.63) is 0 Å². The van der Waals surface area contributed by atoms with Gasteiger partial charge in [-0.25, -0.2) is 9.98 Å². The quantitative estimate of drug-likeness (QED) is 0.751. The molecule has 1 unspecified atom stereocenters. The van der Waals surface area contributed by atoms with Gasteiger partial charge in [-0.15, -0.1) is 11.8 Å². The van der Waals surface area contributed by atoms with Crippen LogP contribution in [0.2, 0.25) is 0 Å². The summed E-state index contributed by atoms with van der Waals surface area (Å²) in [5.74, 6) is 2.02. The summed E-state index contributed by atoms with van der Waals surface area (Å²) < 4.78 is 0. The van der Waals surface area contributed by atoms with Gasteiger partial charge in [0, 0.05) is 0 Å². The highest BCUT2D eigenvalue weighted by atomic mass is 32.2. The lowest BCUT2D eigenvalue weighted by Crippen LogP contribution is -2.31. The van der Waals surface area contributed by atoms with Crippen LogP contribution in [-0.4, -0.2) is 35.0 Å². The first-order valence-corrected chi connectivity index (χ1v) is 6.44. The monoisotopic (exact) mass is 237 g/mol. The number of nitrogens with zero attached hydrogens (tertiary/aromatic N) is 4. The van der Waals surface area contributed by atoms with Crippen molar-refractivity contribution >= 4 is 34.9 Å². The van der Waals surface area contributed by atoms with Gasteiger partial charge in [-0.05, 0) is 12.2 Å². The van der Waals surface area contributed by atoms with E-state index in [4.69, 9.17) is 5.73 Å². The number of aliphatic imine (C=N–C) groups is 4. The molecule has 0 aromatic rings. The predicted octanol–water partition coefficient (Wildman–Crippen LogP) is 1.45. The molecule has 86 valence electrons. The van der Waals surface area contributed by atoms with Gasteiger partial charge in [0.15, 0.2) is 11.9 Å². The number of unbranched alkanes of at least 4 members (excludes halogenated alkanes) is 2. The Morgan fingerprint density at radius 3 is 3.06 bits per heavy atom. The highest BCUT2D eigenvalue weighted by molar-refractivity contribution is 8.14. The third-order valence-corrected chi connectivity index (χ3v) is 3.44. The van der Waals surface area contributed by atoms with E-state index in [1.54, 1.807) is 11.8 Å². The molecule has 0 spiro atoms. The van der Waals surface area contributed by atoms with E-state index in [1.807, 2.05) is 0 Å². The number of amidine groups is 1. The average molecular weight is 237 g/mol. The second kappa shape index (κ2) is 5.25. The topological polar surface area (TPSA) is 75.5 Å². The van der Waals surface area contributed by atoms with E-state index in [9.17, 15) is 0 Å². The molecule has 2 N–H and O–H groups in total. The fourth-order valence-electron chi connectivity index (χ4n) is 1.52. The van der Waals surface area contributed by atoms with Gasteiger partial charge in [-0.3, -0.25) is 4.99 Å². The number of thioether (sulfide) groups is 1. The van der Waals surface area contributed by atoms with Crippen molar-refractivity contribution in [1.29, 1.82) is 0 Å². The van der Waals surface area contributed by atoms with Crippen molar-refractivity contribution in [2.45, 2.75) is 32.2 Å². The Morgan fingerprint density at radius 2 is 2.25 bits per heavy atom. The van der Waals surface area contributed by atoms with E-state index in [2.05, 4.69) is 26.9 Å². The number of rotatable bonds is 4. The van der Waals surface area contributed by atoms with Gasteiger partial charge in [0.2, 0.25) is 5.96 Å². The van der Waals surface area contributed by atoms with Crippen LogP contribution >= 0.6 is 11.8 Å². The van der Waals surface area contributed by atoms with Crippen LogP contribution in [0.5, 0.6) is 0 Å². The van der Waals surface area contributed by atoms with E-state index in [0.717, 1.165) is 10.8 Å². The van der Waals surface area contributed by atoms with Crippen LogP contribution in [0.15, 0.2) is 20.0 Å². The lowest BCUT2D eigenvalue weighted by atomic mass is 10.3. The molecule has 2 aliphatic rings. The number of nitrogens with two attached hydrogens (primary N) is 1. The van der Waals surface area contributed by atoms with E-state index in [0.29, 0.717) is 11.8 Å².